The van der Waals surface area contributed by atoms with Gasteiger partial charge in [-0.05, 0) is 36.4 Å². The van der Waals surface area contributed by atoms with Gasteiger partial charge in [0.25, 0.3) is 0 Å². The Morgan fingerprint density at radius 1 is 1.11 bits per heavy atom. The maximum atomic E-state index is 5.53. The van der Waals surface area contributed by atoms with Crippen LogP contribution in [-0.4, -0.2) is 19.1 Å². The fraction of sp³-hybridized carbons (Fsp3) is 0.214. The molecule has 0 aliphatic heterocycles. The molecule has 4 nitrogen and oxygen atoms in total. The van der Waals surface area contributed by atoms with Gasteiger partial charge in [-0.15, -0.1) is 0 Å². The summed E-state index contributed by atoms with van der Waals surface area (Å²) in [5.74, 6) is 0.851. The molecule has 0 bridgehead atoms. The quantitative estimate of drug-likeness (QED) is 0.895. The van der Waals surface area contributed by atoms with Gasteiger partial charge in [0.15, 0.2) is 0 Å². The smallest absolute Gasteiger partial charge is 0.119 e. The second-order valence-electron chi connectivity index (χ2n) is 3.97. The third-order valence-corrected chi connectivity index (χ3v) is 2.87. The molecule has 1 aromatic heterocycles. The molecule has 1 heterocycles. The number of ether oxygens (including phenoxy) is 1. The molecule has 0 unspecified atom stereocenters. The number of nitrogens with two attached hydrogens (primary N) is 1. The van der Waals surface area contributed by atoms with E-state index in [1.807, 2.05) is 49.6 Å². The van der Waals surface area contributed by atoms with Crippen LogP contribution in [0, 0.1) is 0 Å². The Bertz CT molecular complexity index is 446. The first-order chi connectivity index (χ1) is 8.74. The lowest BCUT2D eigenvalue weighted by Crippen LogP contribution is -2.10. The van der Waals surface area contributed by atoms with Gasteiger partial charge in [-0.3, -0.25) is 4.98 Å². The molecule has 18 heavy (non-hydrogen) atoms. The van der Waals surface area contributed by atoms with Crippen LogP contribution in [0.25, 0.3) is 0 Å². The van der Waals surface area contributed by atoms with Crippen LogP contribution in [0.1, 0.15) is 5.69 Å². The minimum absolute atomic E-state index is 0.465. The van der Waals surface area contributed by atoms with Crippen molar-refractivity contribution in [2.45, 2.75) is 6.54 Å². The van der Waals surface area contributed by atoms with E-state index in [-0.39, 0.29) is 0 Å². The summed E-state index contributed by atoms with van der Waals surface area (Å²) in [6, 6.07) is 11.8. The largest absolute Gasteiger partial charge is 0.497 e. The highest BCUT2D eigenvalue weighted by molar-refractivity contribution is 5.62. The van der Waals surface area contributed by atoms with Gasteiger partial charge in [0.2, 0.25) is 0 Å². The zero-order chi connectivity index (χ0) is 13.0. The average molecular weight is 243 g/mol. The molecule has 0 saturated carbocycles. The van der Waals surface area contributed by atoms with Crippen molar-refractivity contribution in [3.63, 3.8) is 0 Å². The van der Waals surface area contributed by atoms with E-state index in [4.69, 9.17) is 10.5 Å². The second kappa shape index (κ2) is 5.51. The first-order valence-corrected chi connectivity index (χ1v) is 5.77. The maximum Gasteiger partial charge on any atom is 0.119 e. The molecule has 0 saturated heterocycles. The molecule has 0 amide bonds. The zero-order valence-electron chi connectivity index (χ0n) is 10.6. The van der Waals surface area contributed by atoms with E-state index in [9.17, 15) is 0 Å². The van der Waals surface area contributed by atoms with E-state index in [2.05, 4.69) is 9.88 Å². The molecule has 94 valence electrons. The van der Waals surface area contributed by atoms with Crippen molar-refractivity contribution in [3.05, 3.63) is 48.3 Å². The number of hydrogen-bond donors (Lipinski definition) is 1. The Morgan fingerprint density at radius 3 is 2.28 bits per heavy atom. The van der Waals surface area contributed by atoms with Gasteiger partial charge in [-0.2, -0.15) is 0 Å². The standard InChI is InChI=1S/C14H17N3O/c1-17(12-5-7-14(18-2)8-6-12)13-4-3-11(9-15)16-10-13/h3-8,10H,9,15H2,1-2H3. The van der Waals surface area contributed by atoms with Gasteiger partial charge in [-0.25, -0.2) is 0 Å². The maximum absolute atomic E-state index is 5.53. The van der Waals surface area contributed by atoms with Gasteiger partial charge in [0.05, 0.1) is 24.7 Å². The minimum Gasteiger partial charge on any atom is -0.497 e. The molecule has 0 spiro atoms. The summed E-state index contributed by atoms with van der Waals surface area (Å²) in [6.45, 7) is 0.465. The number of pyridine rings is 1. The average Bonchev–Trinajstić information content (AvgIpc) is 2.47. The summed E-state index contributed by atoms with van der Waals surface area (Å²) >= 11 is 0. The first kappa shape index (κ1) is 12.4. The van der Waals surface area contributed by atoms with Crippen molar-refractivity contribution >= 4 is 11.4 Å². The third-order valence-electron chi connectivity index (χ3n) is 2.87. The van der Waals surface area contributed by atoms with Crippen molar-refractivity contribution in [2.24, 2.45) is 5.73 Å². The molecule has 0 atom stereocenters. The lowest BCUT2D eigenvalue weighted by atomic mass is 10.2. The molecule has 1 aromatic carbocycles. The van der Waals surface area contributed by atoms with Crippen LogP contribution in [0.3, 0.4) is 0 Å². The number of nitrogens with zero attached hydrogens (tertiary/aromatic N) is 2. The highest BCUT2D eigenvalue weighted by Crippen LogP contribution is 2.24. The molecule has 2 rings (SSSR count). The van der Waals surface area contributed by atoms with E-state index in [1.54, 1.807) is 7.11 Å². The van der Waals surface area contributed by atoms with E-state index in [1.165, 1.54) is 0 Å². The van der Waals surface area contributed by atoms with Crippen molar-refractivity contribution in [1.29, 1.82) is 0 Å². The monoisotopic (exact) mass is 243 g/mol. The van der Waals surface area contributed by atoms with Crippen LogP contribution in [0.5, 0.6) is 5.75 Å². The number of rotatable bonds is 4. The lowest BCUT2D eigenvalue weighted by molar-refractivity contribution is 0.415. The van der Waals surface area contributed by atoms with Crippen LogP contribution in [0.2, 0.25) is 0 Å². The molecule has 0 aliphatic carbocycles. The van der Waals surface area contributed by atoms with Crippen LogP contribution >= 0.6 is 0 Å². The summed E-state index contributed by atoms with van der Waals surface area (Å²) in [5, 5.41) is 0. The SMILES string of the molecule is COc1ccc(N(C)c2ccc(CN)nc2)cc1. The molecule has 2 N–H and O–H groups in total. The van der Waals surface area contributed by atoms with Gasteiger partial charge in [0.1, 0.15) is 5.75 Å². The Labute approximate surface area is 107 Å². The van der Waals surface area contributed by atoms with Crippen LogP contribution in [0.15, 0.2) is 42.6 Å². The highest BCUT2D eigenvalue weighted by Gasteiger charge is 2.04. The van der Waals surface area contributed by atoms with Crippen LogP contribution in [0.4, 0.5) is 11.4 Å². The predicted molar refractivity (Wildman–Crippen MR) is 73.2 cm³/mol. The first-order valence-electron chi connectivity index (χ1n) is 5.77. The minimum atomic E-state index is 0.465. The topological polar surface area (TPSA) is 51.4 Å². The molecule has 0 aliphatic rings. The fourth-order valence-corrected chi connectivity index (χ4v) is 1.69. The van der Waals surface area contributed by atoms with Crippen molar-refractivity contribution in [2.75, 3.05) is 19.1 Å². The summed E-state index contributed by atoms with van der Waals surface area (Å²) in [6.07, 6.45) is 1.83. The Kier molecular flexibility index (Phi) is 3.79. The molecule has 4 heteroatoms. The number of anilines is 2. The van der Waals surface area contributed by atoms with Crippen molar-refractivity contribution in [3.8, 4) is 5.75 Å². The van der Waals surface area contributed by atoms with Gasteiger partial charge >= 0.3 is 0 Å². The van der Waals surface area contributed by atoms with Crippen LogP contribution < -0.4 is 15.4 Å². The predicted octanol–water partition coefficient (Wildman–Crippen LogP) is 2.32. The zero-order valence-corrected chi connectivity index (χ0v) is 10.6. The highest BCUT2D eigenvalue weighted by atomic mass is 16.5. The molecule has 0 fully saturated rings. The third kappa shape index (κ3) is 2.60. The van der Waals surface area contributed by atoms with E-state index in [0.717, 1.165) is 22.8 Å². The normalized spacial score (nSPS) is 10.2. The summed E-state index contributed by atoms with van der Waals surface area (Å²) in [5.41, 5.74) is 8.53. The Balaban J connectivity index is 2.20. The van der Waals surface area contributed by atoms with Crippen LogP contribution in [-0.2, 0) is 6.54 Å². The number of benzene rings is 1. The number of hydrogen-bond acceptors (Lipinski definition) is 4. The van der Waals surface area contributed by atoms with Crippen molar-refractivity contribution < 1.29 is 4.74 Å². The summed E-state index contributed by atoms with van der Waals surface area (Å²) in [4.78, 5) is 6.35. The fourth-order valence-electron chi connectivity index (χ4n) is 1.69. The second-order valence-corrected chi connectivity index (χ2v) is 3.97. The number of aromatic nitrogens is 1. The molecule has 2 aromatic rings. The van der Waals surface area contributed by atoms with E-state index in [0.29, 0.717) is 6.54 Å². The lowest BCUT2D eigenvalue weighted by Gasteiger charge is -2.19. The van der Waals surface area contributed by atoms with E-state index >= 15 is 0 Å². The van der Waals surface area contributed by atoms with Gasteiger partial charge < -0.3 is 15.4 Å². The van der Waals surface area contributed by atoms with Gasteiger partial charge in [-0.1, -0.05) is 0 Å². The molecular weight excluding hydrogens is 226 g/mol. The molecular formula is C14H17N3O. The number of methoxy groups -OCH3 is 1. The van der Waals surface area contributed by atoms with Crippen molar-refractivity contribution in [1.82, 2.24) is 4.98 Å². The summed E-state index contributed by atoms with van der Waals surface area (Å²) < 4.78 is 5.14. The molecule has 0 radical (unpaired) electrons. The Morgan fingerprint density at radius 2 is 1.78 bits per heavy atom. The van der Waals surface area contributed by atoms with E-state index < -0.39 is 0 Å². The Hall–Kier alpha value is -2.07. The summed E-state index contributed by atoms with van der Waals surface area (Å²) in [7, 11) is 3.66. The van der Waals surface area contributed by atoms with Gasteiger partial charge in [0, 0.05) is 19.3 Å².